The third kappa shape index (κ3) is 5.63. The van der Waals surface area contributed by atoms with Gasteiger partial charge in [-0.25, -0.2) is 4.98 Å². The van der Waals surface area contributed by atoms with Gasteiger partial charge in [-0.3, -0.25) is 0 Å². The van der Waals surface area contributed by atoms with Crippen LogP contribution in [-0.2, 0) is 0 Å². The molecule has 0 aliphatic heterocycles. The molecular formula is C11H20N2O3. The Morgan fingerprint density at radius 3 is 2.44 bits per heavy atom. The Hall–Kier alpha value is -1.20. The Labute approximate surface area is 96.1 Å². The second kappa shape index (κ2) is 8.01. The minimum absolute atomic E-state index is 0.0341. The first-order valence-corrected chi connectivity index (χ1v) is 5.36. The van der Waals surface area contributed by atoms with E-state index in [0.29, 0.717) is 11.7 Å². The van der Waals surface area contributed by atoms with Crippen LogP contribution in [0.15, 0.2) is 6.07 Å². The molecule has 1 unspecified atom stereocenters. The van der Waals surface area contributed by atoms with Crippen molar-refractivity contribution in [2.75, 3.05) is 13.2 Å². The maximum Gasteiger partial charge on any atom is 0.216 e. The van der Waals surface area contributed by atoms with E-state index in [1.54, 1.807) is 13.0 Å². The summed E-state index contributed by atoms with van der Waals surface area (Å²) in [6.07, 6.45) is -0.870. The zero-order chi connectivity index (χ0) is 12.6. The SMILES string of the molecule is CC.Cc1cc(OCC(O)CO)nc(C)n1. The van der Waals surface area contributed by atoms with Gasteiger partial charge in [0, 0.05) is 11.8 Å². The summed E-state index contributed by atoms with van der Waals surface area (Å²) in [7, 11) is 0. The molecule has 1 aromatic rings. The Morgan fingerprint density at radius 2 is 1.94 bits per heavy atom. The summed E-state index contributed by atoms with van der Waals surface area (Å²) in [6, 6.07) is 1.68. The fourth-order valence-corrected chi connectivity index (χ4v) is 0.991. The predicted molar refractivity (Wildman–Crippen MR) is 61.4 cm³/mol. The van der Waals surface area contributed by atoms with Crippen molar-refractivity contribution in [2.24, 2.45) is 0 Å². The van der Waals surface area contributed by atoms with Crippen molar-refractivity contribution in [2.45, 2.75) is 33.8 Å². The van der Waals surface area contributed by atoms with E-state index in [-0.39, 0.29) is 13.2 Å². The van der Waals surface area contributed by atoms with Crippen LogP contribution < -0.4 is 4.74 Å². The molecule has 0 fully saturated rings. The highest BCUT2D eigenvalue weighted by Gasteiger charge is 2.04. The molecule has 0 saturated heterocycles. The number of nitrogens with zero attached hydrogens (tertiary/aromatic N) is 2. The van der Waals surface area contributed by atoms with Crippen LogP contribution in [0.3, 0.4) is 0 Å². The molecule has 0 amide bonds. The Morgan fingerprint density at radius 1 is 1.31 bits per heavy atom. The Balaban J connectivity index is 0.00000106. The molecule has 92 valence electrons. The molecule has 1 aromatic heterocycles. The summed E-state index contributed by atoms with van der Waals surface area (Å²) in [6.45, 7) is 7.32. The Bertz CT molecular complexity index is 285. The molecule has 1 rings (SSSR count). The molecule has 1 heterocycles. The maximum absolute atomic E-state index is 9.04. The van der Waals surface area contributed by atoms with Gasteiger partial charge in [0.25, 0.3) is 0 Å². The summed E-state index contributed by atoms with van der Waals surface area (Å²) >= 11 is 0. The summed E-state index contributed by atoms with van der Waals surface area (Å²) in [5.74, 6) is 1.04. The van der Waals surface area contributed by atoms with Crippen LogP contribution in [0.2, 0.25) is 0 Å². The van der Waals surface area contributed by atoms with Crippen molar-refractivity contribution in [3.8, 4) is 5.88 Å². The van der Waals surface area contributed by atoms with Gasteiger partial charge in [-0.15, -0.1) is 0 Å². The van der Waals surface area contributed by atoms with Gasteiger partial charge in [-0.1, -0.05) is 13.8 Å². The van der Waals surface area contributed by atoms with Gasteiger partial charge in [0.1, 0.15) is 18.5 Å². The molecule has 0 radical (unpaired) electrons. The number of hydrogen-bond acceptors (Lipinski definition) is 5. The van der Waals surface area contributed by atoms with Crippen LogP contribution in [0, 0.1) is 13.8 Å². The zero-order valence-corrected chi connectivity index (χ0v) is 10.3. The van der Waals surface area contributed by atoms with E-state index >= 15 is 0 Å². The molecule has 0 spiro atoms. The zero-order valence-electron chi connectivity index (χ0n) is 10.3. The molecule has 2 N–H and O–H groups in total. The topological polar surface area (TPSA) is 75.5 Å². The third-order valence-corrected chi connectivity index (χ3v) is 1.58. The van der Waals surface area contributed by atoms with E-state index in [4.69, 9.17) is 14.9 Å². The van der Waals surface area contributed by atoms with Crippen molar-refractivity contribution in [1.82, 2.24) is 9.97 Å². The van der Waals surface area contributed by atoms with E-state index in [1.165, 1.54) is 0 Å². The van der Waals surface area contributed by atoms with Gasteiger partial charge >= 0.3 is 0 Å². The van der Waals surface area contributed by atoms with Gasteiger partial charge in [0.2, 0.25) is 5.88 Å². The number of rotatable bonds is 4. The highest BCUT2D eigenvalue weighted by Crippen LogP contribution is 2.08. The quantitative estimate of drug-likeness (QED) is 0.799. The van der Waals surface area contributed by atoms with Gasteiger partial charge in [-0.2, -0.15) is 4.98 Å². The fourth-order valence-electron chi connectivity index (χ4n) is 0.991. The first-order valence-electron chi connectivity index (χ1n) is 5.36. The van der Waals surface area contributed by atoms with Gasteiger partial charge in [0.05, 0.1) is 6.61 Å². The van der Waals surface area contributed by atoms with Crippen molar-refractivity contribution < 1.29 is 14.9 Å². The van der Waals surface area contributed by atoms with Crippen LogP contribution in [0.1, 0.15) is 25.4 Å². The minimum atomic E-state index is -0.870. The lowest BCUT2D eigenvalue weighted by atomic mass is 10.4. The number of aromatic nitrogens is 2. The first kappa shape index (κ1) is 14.8. The van der Waals surface area contributed by atoms with Crippen LogP contribution in [0.4, 0.5) is 0 Å². The fraction of sp³-hybridized carbons (Fsp3) is 0.636. The second-order valence-corrected chi connectivity index (χ2v) is 3.04. The number of aliphatic hydroxyl groups is 2. The average molecular weight is 228 g/mol. The van der Waals surface area contributed by atoms with E-state index in [0.717, 1.165) is 5.69 Å². The van der Waals surface area contributed by atoms with Gasteiger partial charge in [0.15, 0.2) is 0 Å². The summed E-state index contributed by atoms with van der Waals surface area (Å²) in [4.78, 5) is 8.09. The third-order valence-electron chi connectivity index (χ3n) is 1.58. The normalized spacial score (nSPS) is 11.4. The second-order valence-electron chi connectivity index (χ2n) is 3.04. The van der Waals surface area contributed by atoms with Crippen LogP contribution in [0.5, 0.6) is 5.88 Å². The van der Waals surface area contributed by atoms with Crippen molar-refractivity contribution >= 4 is 0 Å². The number of hydrogen-bond donors (Lipinski definition) is 2. The average Bonchev–Trinajstić information content (AvgIpc) is 2.27. The van der Waals surface area contributed by atoms with E-state index in [1.807, 2.05) is 20.8 Å². The summed E-state index contributed by atoms with van der Waals surface area (Å²) in [5.41, 5.74) is 0.811. The largest absolute Gasteiger partial charge is 0.475 e. The molecule has 5 nitrogen and oxygen atoms in total. The van der Waals surface area contributed by atoms with Crippen molar-refractivity contribution in [3.63, 3.8) is 0 Å². The lowest BCUT2D eigenvalue weighted by Gasteiger charge is -2.09. The molecule has 0 bridgehead atoms. The molecule has 16 heavy (non-hydrogen) atoms. The maximum atomic E-state index is 9.04. The summed E-state index contributed by atoms with van der Waals surface area (Å²) < 4.78 is 5.16. The van der Waals surface area contributed by atoms with Crippen LogP contribution in [0.25, 0.3) is 0 Å². The predicted octanol–water partition coefficient (Wildman–Crippen LogP) is 0.852. The number of aryl methyl sites for hydroxylation is 2. The van der Waals surface area contributed by atoms with Crippen LogP contribution >= 0.6 is 0 Å². The van der Waals surface area contributed by atoms with E-state index in [9.17, 15) is 0 Å². The van der Waals surface area contributed by atoms with E-state index < -0.39 is 6.10 Å². The van der Waals surface area contributed by atoms with Crippen LogP contribution in [-0.4, -0.2) is 39.5 Å². The minimum Gasteiger partial charge on any atom is -0.475 e. The van der Waals surface area contributed by atoms with E-state index in [2.05, 4.69) is 9.97 Å². The standard InChI is InChI=1S/C9H14N2O3.C2H6/c1-6-3-9(11-7(2)10-6)14-5-8(13)4-12;1-2/h3,8,12-13H,4-5H2,1-2H3;1-2H3. The monoisotopic (exact) mass is 228 g/mol. The summed E-state index contributed by atoms with van der Waals surface area (Å²) in [5, 5.41) is 17.6. The molecule has 0 aliphatic rings. The molecule has 0 aliphatic carbocycles. The van der Waals surface area contributed by atoms with Gasteiger partial charge < -0.3 is 14.9 Å². The molecule has 1 atom stereocenters. The molecule has 0 aromatic carbocycles. The van der Waals surface area contributed by atoms with Gasteiger partial charge in [-0.05, 0) is 13.8 Å². The lowest BCUT2D eigenvalue weighted by molar-refractivity contribution is 0.0520. The lowest BCUT2D eigenvalue weighted by Crippen LogP contribution is -2.21. The van der Waals surface area contributed by atoms with Crippen molar-refractivity contribution in [3.05, 3.63) is 17.6 Å². The molecule has 5 heteroatoms. The molecule has 0 saturated carbocycles. The Kier molecular flexibility index (Phi) is 7.41. The number of ether oxygens (including phenoxy) is 1. The smallest absolute Gasteiger partial charge is 0.216 e. The highest BCUT2D eigenvalue weighted by atomic mass is 16.5. The van der Waals surface area contributed by atoms with Crippen molar-refractivity contribution in [1.29, 1.82) is 0 Å². The first-order chi connectivity index (χ1) is 7.61. The molecular weight excluding hydrogens is 208 g/mol. The number of aliphatic hydroxyl groups excluding tert-OH is 2. The highest BCUT2D eigenvalue weighted by molar-refractivity contribution is 5.14.